The number of nitrogens with two attached hydrogens (primary N) is 1. The Morgan fingerprint density at radius 2 is 2.00 bits per heavy atom. The molecule has 0 bridgehead atoms. The third-order valence-electron chi connectivity index (χ3n) is 3.10. The number of aromatic nitrogens is 1. The molecule has 0 fully saturated rings. The molecule has 0 radical (unpaired) electrons. The number of hydrogen-bond donors (Lipinski definition) is 3. The van der Waals surface area contributed by atoms with E-state index in [0.717, 1.165) is 23.4 Å². The Kier molecular flexibility index (Phi) is 4.68. The van der Waals surface area contributed by atoms with Crippen molar-refractivity contribution in [2.75, 3.05) is 5.43 Å². The summed E-state index contributed by atoms with van der Waals surface area (Å²) in [5.41, 5.74) is 5.94. The molecule has 0 saturated heterocycles. The maximum atomic E-state index is 12.0. The lowest BCUT2D eigenvalue weighted by molar-refractivity contribution is 0.0950. The van der Waals surface area contributed by atoms with Gasteiger partial charge in [-0.3, -0.25) is 15.6 Å². The molecular weight excluding hydrogens is 252 g/mol. The molecule has 4 N–H and O–H groups in total. The first-order chi connectivity index (χ1) is 9.74. The van der Waals surface area contributed by atoms with Crippen molar-refractivity contribution in [3.63, 3.8) is 0 Å². The number of nitrogen functional groups attached to an aromatic ring is 1. The Morgan fingerprint density at radius 3 is 2.65 bits per heavy atom. The largest absolute Gasteiger partial charge is 0.346 e. The molecule has 1 aromatic heterocycles. The zero-order valence-electron chi connectivity index (χ0n) is 11.4. The van der Waals surface area contributed by atoms with E-state index in [1.807, 2.05) is 12.1 Å². The number of amides is 1. The van der Waals surface area contributed by atoms with Gasteiger partial charge in [0.15, 0.2) is 0 Å². The van der Waals surface area contributed by atoms with Gasteiger partial charge in [-0.1, -0.05) is 13.0 Å². The molecule has 0 spiro atoms. The van der Waals surface area contributed by atoms with Gasteiger partial charge in [-0.15, -0.1) is 0 Å². The van der Waals surface area contributed by atoms with Crippen molar-refractivity contribution in [3.05, 3.63) is 59.4 Å². The van der Waals surface area contributed by atoms with Crippen LogP contribution in [0, 0.1) is 0 Å². The SMILES string of the molecule is CCc1cccnc1CNC(=O)c1ccc(NN)cc1. The number of anilines is 1. The summed E-state index contributed by atoms with van der Waals surface area (Å²) in [4.78, 5) is 16.3. The molecule has 2 rings (SSSR count). The van der Waals surface area contributed by atoms with Crippen LogP contribution in [0.2, 0.25) is 0 Å². The molecule has 0 aliphatic heterocycles. The highest BCUT2D eigenvalue weighted by Gasteiger charge is 2.07. The third kappa shape index (κ3) is 3.33. The van der Waals surface area contributed by atoms with Crippen molar-refractivity contribution in [1.82, 2.24) is 10.3 Å². The lowest BCUT2D eigenvalue weighted by Crippen LogP contribution is -2.24. The van der Waals surface area contributed by atoms with Crippen molar-refractivity contribution in [1.29, 1.82) is 0 Å². The molecule has 0 unspecified atom stereocenters. The molecule has 20 heavy (non-hydrogen) atoms. The van der Waals surface area contributed by atoms with Gasteiger partial charge in [-0.2, -0.15) is 0 Å². The summed E-state index contributed by atoms with van der Waals surface area (Å²) in [6.07, 6.45) is 2.64. The fraction of sp³-hybridized carbons (Fsp3) is 0.200. The fourth-order valence-electron chi connectivity index (χ4n) is 1.94. The molecule has 1 aromatic carbocycles. The average Bonchev–Trinajstić information content (AvgIpc) is 2.53. The Labute approximate surface area is 118 Å². The van der Waals surface area contributed by atoms with E-state index in [1.165, 1.54) is 0 Å². The molecule has 104 valence electrons. The third-order valence-corrected chi connectivity index (χ3v) is 3.10. The lowest BCUT2D eigenvalue weighted by Gasteiger charge is -2.08. The van der Waals surface area contributed by atoms with Gasteiger partial charge in [0.05, 0.1) is 12.2 Å². The average molecular weight is 270 g/mol. The topological polar surface area (TPSA) is 80.0 Å². The van der Waals surface area contributed by atoms with E-state index in [0.29, 0.717) is 12.1 Å². The van der Waals surface area contributed by atoms with E-state index in [-0.39, 0.29) is 5.91 Å². The molecule has 1 heterocycles. The van der Waals surface area contributed by atoms with Crippen molar-refractivity contribution >= 4 is 11.6 Å². The standard InChI is InChI=1S/C15H18N4O/c1-2-11-4-3-9-17-14(11)10-18-15(20)12-5-7-13(19-16)8-6-12/h3-9,19H,2,10,16H2,1H3,(H,18,20). The predicted octanol–water partition coefficient (Wildman–Crippen LogP) is 1.86. The molecular formula is C15H18N4O. The van der Waals surface area contributed by atoms with Gasteiger partial charge >= 0.3 is 0 Å². The van der Waals surface area contributed by atoms with Gasteiger partial charge in [-0.05, 0) is 42.3 Å². The molecule has 5 heteroatoms. The minimum Gasteiger partial charge on any atom is -0.346 e. The van der Waals surface area contributed by atoms with Crippen molar-refractivity contribution in [2.45, 2.75) is 19.9 Å². The first-order valence-electron chi connectivity index (χ1n) is 6.52. The second-order valence-corrected chi connectivity index (χ2v) is 4.37. The molecule has 2 aromatic rings. The number of nitrogens with zero attached hydrogens (tertiary/aromatic N) is 1. The Morgan fingerprint density at radius 1 is 1.25 bits per heavy atom. The number of hydrogen-bond acceptors (Lipinski definition) is 4. The maximum Gasteiger partial charge on any atom is 0.251 e. The van der Waals surface area contributed by atoms with Gasteiger partial charge in [0.2, 0.25) is 0 Å². The van der Waals surface area contributed by atoms with E-state index in [4.69, 9.17) is 5.84 Å². The van der Waals surface area contributed by atoms with Crippen LogP contribution in [0.4, 0.5) is 5.69 Å². The number of carbonyl (C=O) groups is 1. The van der Waals surface area contributed by atoms with Gasteiger partial charge in [0, 0.05) is 17.4 Å². The molecule has 5 nitrogen and oxygen atoms in total. The van der Waals surface area contributed by atoms with E-state index in [1.54, 1.807) is 30.5 Å². The van der Waals surface area contributed by atoms with E-state index in [9.17, 15) is 4.79 Å². The fourth-order valence-corrected chi connectivity index (χ4v) is 1.94. The first-order valence-corrected chi connectivity index (χ1v) is 6.52. The monoisotopic (exact) mass is 270 g/mol. The molecule has 0 aliphatic carbocycles. The number of hydrazine groups is 1. The highest BCUT2D eigenvalue weighted by molar-refractivity contribution is 5.94. The van der Waals surface area contributed by atoms with Gasteiger partial charge < -0.3 is 10.7 Å². The van der Waals surface area contributed by atoms with Crippen LogP contribution in [0.3, 0.4) is 0 Å². The smallest absolute Gasteiger partial charge is 0.251 e. The van der Waals surface area contributed by atoms with Crippen LogP contribution in [-0.2, 0) is 13.0 Å². The summed E-state index contributed by atoms with van der Waals surface area (Å²) in [6, 6.07) is 10.9. The van der Waals surface area contributed by atoms with Crippen molar-refractivity contribution < 1.29 is 4.79 Å². The van der Waals surface area contributed by atoms with Crippen molar-refractivity contribution in [3.8, 4) is 0 Å². The van der Waals surface area contributed by atoms with Crippen LogP contribution in [0.15, 0.2) is 42.6 Å². The van der Waals surface area contributed by atoms with Gasteiger partial charge in [-0.25, -0.2) is 0 Å². The van der Waals surface area contributed by atoms with Crippen LogP contribution in [0.1, 0.15) is 28.5 Å². The lowest BCUT2D eigenvalue weighted by atomic mass is 10.1. The quantitative estimate of drug-likeness (QED) is 0.572. The van der Waals surface area contributed by atoms with E-state index >= 15 is 0 Å². The number of rotatable bonds is 5. The number of pyridine rings is 1. The maximum absolute atomic E-state index is 12.0. The highest BCUT2D eigenvalue weighted by atomic mass is 16.1. The Balaban J connectivity index is 2.01. The second kappa shape index (κ2) is 6.68. The zero-order valence-corrected chi connectivity index (χ0v) is 11.4. The minimum atomic E-state index is -0.124. The molecule has 0 saturated carbocycles. The summed E-state index contributed by atoms with van der Waals surface area (Å²) in [5.74, 6) is 5.16. The molecule has 0 atom stereocenters. The predicted molar refractivity (Wildman–Crippen MR) is 79.0 cm³/mol. The van der Waals surface area contributed by atoms with Crippen LogP contribution in [0.5, 0.6) is 0 Å². The number of nitrogens with one attached hydrogen (secondary N) is 2. The summed E-state index contributed by atoms with van der Waals surface area (Å²) < 4.78 is 0. The van der Waals surface area contributed by atoms with Crippen LogP contribution < -0.4 is 16.6 Å². The number of benzene rings is 1. The van der Waals surface area contributed by atoms with Crippen LogP contribution in [0.25, 0.3) is 0 Å². The van der Waals surface area contributed by atoms with Gasteiger partial charge in [0.25, 0.3) is 5.91 Å². The zero-order chi connectivity index (χ0) is 14.4. The second-order valence-electron chi connectivity index (χ2n) is 4.37. The number of carbonyl (C=O) groups excluding carboxylic acids is 1. The summed E-state index contributed by atoms with van der Waals surface area (Å²) in [7, 11) is 0. The Hall–Kier alpha value is -2.40. The molecule has 0 aliphatic rings. The van der Waals surface area contributed by atoms with Gasteiger partial charge in [0.1, 0.15) is 0 Å². The number of aryl methyl sites for hydroxylation is 1. The normalized spacial score (nSPS) is 10.1. The summed E-state index contributed by atoms with van der Waals surface area (Å²) in [6.45, 7) is 2.50. The van der Waals surface area contributed by atoms with E-state index < -0.39 is 0 Å². The minimum absolute atomic E-state index is 0.124. The summed E-state index contributed by atoms with van der Waals surface area (Å²) in [5, 5.41) is 2.87. The molecule has 1 amide bonds. The van der Waals surface area contributed by atoms with Crippen molar-refractivity contribution in [2.24, 2.45) is 5.84 Å². The first kappa shape index (κ1) is 14.0. The van der Waals surface area contributed by atoms with Crippen LogP contribution in [-0.4, -0.2) is 10.9 Å². The van der Waals surface area contributed by atoms with E-state index in [2.05, 4.69) is 22.7 Å². The Bertz CT molecular complexity index is 581. The van der Waals surface area contributed by atoms with Crippen LogP contribution >= 0.6 is 0 Å². The summed E-state index contributed by atoms with van der Waals surface area (Å²) >= 11 is 0. The highest BCUT2D eigenvalue weighted by Crippen LogP contribution is 2.09.